The lowest BCUT2D eigenvalue weighted by Gasteiger charge is -2.15. The molecule has 0 saturated carbocycles. The number of urea groups is 1. The van der Waals surface area contributed by atoms with E-state index in [-0.39, 0.29) is 6.73 Å². The molecule has 0 unspecified atom stereocenters. The largest absolute Gasteiger partial charge is 0.473 e. The lowest BCUT2D eigenvalue weighted by molar-refractivity contribution is 0.234. The molecule has 2 aromatic rings. The van der Waals surface area contributed by atoms with Crippen molar-refractivity contribution >= 4 is 11.7 Å². The zero-order chi connectivity index (χ0) is 17.9. The van der Waals surface area contributed by atoms with Crippen LogP contribution in [0.25, 0.3) is 0 Å². The first kappa shape index (κ1) is 17.7. The maximum atomic E-state index is 13.5. The second-order valence-corrected chi connectivity index (χ2v) is 5.30. The van der Waals surface area contributed by atoms with Crippen LogP contribution in [0.15, 0.2) is 24.3 Å². The minimum atomic E-state index is -1.64. The number of rotatable bonds is 4. The van der Waals surface area contributed by atoms with Crippen molar-refractivity contribution in [2.45, 2.75) is 20.8 Å². The van der Waals surface area contributed by atoms with Gasteiger partial charge in [0.25, 0.3) is 0 Å². The van der Waals surface area contributed by atoms with Crippen LogP contribution in [-0.4, -0.2) is 12.8 Å². The fourth-order valence-electron chi connectivity index (χ4n) is 2.11. The Labute approximate surface area is 137 Å². The van der Waals surface area contributed by atoms with Gasteiger partial charge in [0.2, 0.25) is 0 Å². The zero-order valence-electron chi connectivity index (χ0n) is 13.5. The van der Waals surface area contributed by atoms with Crippen molar-refractivity contribution in [3.63, 3.8) is 0 Å². The standard InChI is InChI=1S/C17H17F3N2O2/c1-9-4-5-10(2)16(11(9)3)24-8-21-17(23)22-13-7-6-12(18)14(19)15(13)20/h4-7H,8H2,1-3H3,(H2,21,22,23). The van der Waals surface area contributed by atoms with Crippen molar-refractivity contribution < 1.29 is 22.7 Å². The van der Waals surface area contributed by atoms with Gasteiger partial charge in [-0.2, -0.15) is 0 Å². The maximum absolute atomic E-state index is 13.5. The van der Waals surface area contributed by atoms with E-state index in [0.29, 0.717) is 5.75 Å². The summed E-state index contributed by atoms with van der Waals surface area (Å²) in [6.45, 7) is 5.54. The minimum absolute atomic E-state index is 0.164. The van der Waals surface area contributed by atoms with Crippen LogP contribution in [-0.2, 0) is 0 Å². The molecule has 0 heterocycles. The number of nitrogens with one attached hydrogen (secondary N) is 2. The van der Waals surface area contributed by atoms with Crippen LogP contribution < -0.4 is 15.4 Å². The molecular formula is C17H17F3N2O2. The Hall–Kier alpha value is -2.70. The SMILES string of the molecule is Cc1ccc(C)c(OCNC(=O)Nc2ccc(F)c(F)c2F)c1C. The molecule has 0 aromatic heterocycles. The van der Waals surface area contributed by atoms with Crippen LogP contribution in [0, 0.1) is 38.2 Å². The number of anilines is 1. The van der Waals surface area contributed by atoms with Gasteiger partial charge >= 0.3 is 6.03 Å². The molecule has 4 nitrogen and oxygen atoms in total. The molecule has 2 amide bonds. The Kier molecular flexibility index (Phi) is 5.33. The molecule has 128 valence electrons. The fourth-order valence-corrected chi connectivity index (χ4v) is 2.11. The van der Waals surface area contributed by atoms with E-state index in [9.17, 15) is 18.0 Å². The van der Waals surface area contributed by atoms with Crippen LogP contribution in [0.5, 0.6) is 5.75 Å². The highest BCUT2D eigenvalue weighted by atomic mass is 19.2. The highest BCUT2D eigenvalue weighted by molar-refractivity contribution is 5.89. The number of hydrogen-bond donors (Lipinski definition) is 2. The van der Waals surface area contributed by atoms with Crippen molar-refractivity contribution in [1.29, 1.82) is 0 Å². The molecule has 2 rings (SSSR count). The van der Waals surface area contributed by atoms with E-state index in [1.54, 1.807) is 0 Å². The molecule has 0 radical (unpaired) electrons. The Morgan fingerprint density at radius 3 is 2.38 bits per heavy atom. The second kappa shape index (κ2) is 7.25. The van der Waals surface area contributed by atoms with E-state index in [0.717, 1.165) is 28.8 Å². The fraction of sp³-hybridized carbons (Fsp3) is 0.235. The number of aryl methyl sites for hydroxylation is 2. The molecule has 7 heteroatoms. The van der Waals surface area contributed by atoms with Gasteiger partial charge in [0.1, 0.15) is 5.75 Å². The number of benzene rings is 2. The first-order valence-electron chi connectivity index (χ1n) is 7.19. The smallest absolute Gasteiger partial charge is 0.321 e. The summed E-state index contributed by atoms with van der Waals surface area (Å²) in [4.78, 5) is 11.7. The van der Waals surface area contributed by atoms with Crippen molar-refractivity contribution in [2.24, 2.45) is 0 Å². The quantitative estimate of drug-likeness (QED) is 0.649. The summed E-state index contributed by atoms with van der Waals surface area (Å²) >= 11 is 0. The third-order valence-electron chi connectivity index (χ3n) is 3.61. The monoisotopic (exact) mass is 338 g/mol. The second-order valence-electron chi connectivity index (χ2n) is 5.30. The summed E-state index contributed by atoms with van der Waals surface area (Å²) in [5.74, 6) is -3.78. The topological polar surface area (TPSA) is 50.4 Å². The average Bonchev–Trinajstić information content (AvgIpc) is 2.55. The van der Waals surface area contributed by atoms with Crippen LogP contribution in [0.3, 0.4) is 0 Å². The van der Waals surface area contributed by atoms with E-state index in [4.69, 9.17) is 4.74 Å². The maximum Gasteiger partial charge on any atom is 0.321 e. The van der Waals surface area contributed by atoms with Crippen molar-refractivity contribution in [3.8, 4) is 5.75 Å². The minimum Gasteiger partial charge on any atom is -0.473 e. The van der Waals surface area contributed by atoms with Crippen molar-refractivity contribution in [1.82, 2.24) is 5.32 Å². The van der Waals surface area contributed by atoms with Gasteiger partial charge in [-0.15, -0.1) is 0 Å². The Morgan fingerprint density at radius 1 is 1.00 bits per heavy atom. The molecule has 0 aliphatic carbocycles. The van der Waals surface area contributed by atoms with Gasteiger partial charge in [-0.05, 0) is 49.6 Å². The summed E-state index contributed by atoms with van der Waals surface area (Å²) in [5.41, 5.74) is 2.44. The molecule has 0 aliphatic heterocycles. The van der Waals surface area contributed by atoms with E-state index < -0.39 is 29.2 Å². The Morgan fingerprint density at radius 2 is 1.67 bits per heavy atom. The highest BCUT2D eigenvalue weighted by Gasteiger charge is 2.15. The lowest BCUT2D eigenvalue weighted by atomic mass is 10.1. The number of carbonyl (C=O) groups is 1. The van der Waals surface area contributed by atoms with Gasteiger partial charge in [-0.25, -0.2) is 18.0 Å². The summed E-state index contributed by atoms with van der Waals surface area (Å²) in [6.07, 6.45) is 0. The van der Waals surface area contributed by atoms with Gasteiger partial charge in [0, 0.05) is 0 Å². The normalized spacial score (nSPS) is 10.4. The van der Waals surface area contributed by atoms with E-state index in [1.807, 2.05) is 32.9 Å². The number of halogens is 3. The van der Waals surface area contributed by atoms with Crippen LogP contribution in [0.2, 0.25) is 0 Å². The van der Waals surface area contributed by atoms with Crippen molar-refractivity contribution in [2.75, 3.05) is 12.0 Å². The summed E-state index contributed by atoms with van der Waals surface area (Å²) in [6, 6.07) is 4.72. The van der Waals surface area contributed by atoms with Gasteiger partial charge in [-0.3, -0.25) is 0 Å². The molecule has 0 fully saturated rings. The third kappa shape index (κ3) is 3.79. The summed E-state index contributed by atoms with van der Waals surface area (Å²) in [5, 5.41) is 4.45. The number of carbonyl (C=O) groups excluding carboxylic acids is 1. The van der Waals surface area contributed by atoms with Gasteiger partial charge in [0.15, 0.2) is 24.2 Å². The molecule has 2 aromatic carbocycles. The molecule has 0 saturated heterocycles. The van der Waals surface area contributed by atoms with Crippen LogP contribution >= 0.6 is 0 Å². The first-order chi connectivity index (χ1) is 11.3. The number of amides is 2. The van der Waals surface area contributed by atoms with Gasteiger partial charge in [0.05, 0.1) is 5.69 Å². The average molecular weight is 338 g/mol. The molecule has 0 atom stereocenters. The van der Waals surface area contributed by atoms with E-state index in [1.165, 1.54) is 0 Å². The molecule has 2 N–H and O–H groups in total. The van der Waals surface area contributed by atoms with Crippen LogP contribution in [0.4, 0.5) is 23.7 Å². The molecule has 0 aliphatic rings. The number of ether oxygens (including phenoxy) is 1. The summed E-state index contributed by atoms with van der Waals surface area (Å²) < 4.78 is 44.9. The van der Waals surface area contributed by atoms with Gasteiger partial charge in [-0.1, -0.05) is 12.1 Å². The Balaban J connectivity index is 1.95. The molecule has 0 bridgehead atoms. The molecule has 0 spiro atoms. The molecular weight excluding hydrogens is 321 g/mol. The summed E-state index contributed by atoms with van der Waals surface area (Å²) in [7, 11) is 0. The van der Waals surface area contributed by atoms with E-state index in [2.05, 4.69) is 10.6 Å². The number of hydrogen-bond acceptors (Lipinski definition) is 2. The van der Waals surface area contributed by atoms with E-state index >= 15 is 0 Å². The predicted molar refractivity (Wildman–Crippen MR) is 84.6 cm³/mol. The van der Waals surface area contributed by atoms with Gasteiger partial charge < -0.3 is 15.4 Å². The molecule has 24 heavy (non-hydrogen) atoms. The highest BCUT2D eigenvalue weighted by Crippen LogP contribution is 2.25. The zero-order valence-corrected chi connectivity index (χ0v) is 13.5. The first-order valence-corrected chi connectivity index (χ1v) is 7.19. The predicted octanol–water partition coefficient (Wildman–Crippen LogP) is 4.19. The lowest BCUT2D eigenvalue weighted by Crippen LogP contribution is -2.32. The van der Waals surface area contributed by atoms with Crippen LogP contribution in [0.1, 0.15) is 16.7 Å². The third-order valence-corrected chi connectivity index (χ3v) is 3.61. The Bertz CT molecular complexity index is 779. The van der Waals surface area contributed by atoms with Crippen molar-refractivity contribution in [3.05, 3.63) is 58.4 Å².